The molecule has 1 heterocycles. The van der Waals surface area contributed by atoms with Gasteiger partial charge in [-0.1, -0.05) is 40.2 Å². The van der Waals surface area contributed by atoms with Crippen LogP contribution in [0, 0.1) is 12.8 Å². The lowest BCUT2D eigenvalue weighted by molar-refractivity contribution is -0.120. The number of hydrogen-bond donors (Lipinski definition) is 1. The first-order chi connectivity index (χ1) is 12.8. The Morgan fingerprint density at radius 1 is 1.15 bits per heavy atom. The quantitative estimate of drug-likeness (QED) is 0.749. The Balaban J connectivity index is 1.57. The van der Waals surface area contributed by atoms with Gasteiger partial charge in [-0.2, -0.15) is 0 Å². The Labute approximate surface area is 169 Å². The largest absolute Gasteiger partial charge is 0.326 e. The van der Waals surface area contributed by atoms with Gasteiger partial charge in [0.25, 0.3) is 0 Å². The summed E-state index contributed by atoms with van der Waals surface area (Å²) in [6, 6.07) is 15.0. The van der Waals surface area contributed by atoms with Crippen molar-refractivity contribution >= 4 is 37.5 Å². The topological polar surface area (TPSA) is 66.5 Å². The van der Waals surface area contributed by atoms with Crippen molar-refractivity contribution in [2.24, 2.45) is 5.92 Å². The number of piperidine rings is 1. The molecule has 0 unspecified atom stereocenters. The summed E-state index contributed by atoms with van der Waals surface area (Å²) in [4.78, 5) is 12.5. The van der Waals surface area contributed by atoms with E-state index in [-0.39, 0.29) is 17.6 Å². The third-order valence-electron chi connectivity index (χ3n) is 4.74. The molecule has 2 aromatic rings. The van der Waals surface area contributed by atoms with Crippen LogP contribution in [0.5, 0.6) is 0 Å². The van der Waals surface area contributed by atoms with Gasteiger partial charge in [-0.05, 0) is 55.2 Å². The fourth-order valence-corrected chi connectivity index (χ4v) is 5.29. The molecule has 1 amide bonds. The first-order valence-corrected chi connectivity index (χ1v) is 11.3. The minimum absolute atomic E-state index is 0.0212. The number of rotatable bonds is 5. The van der Waals surface area contributed by atoms with Crippen LogP contribution in [0.1, 0.15) is 24.0 Å². The fourth-order valence-electron chi connectivity index (χ4n) is 3.29. The zero-order valence-corrected chi connectivity index (χ0v) is 17.6. The summed E-state index contributed by atoms with van der Waals surface area (Å²) in [5.41, 5.74) is 2.62. The summed E-state index contributed by atoms with van der Waals surface area (Å²) in [5.74, 6) is -0.223. The van der Waals surface area contributed by atoms with Crippen molar-refractivity contribution in [1.82, 2.24) is 4.31 Å². The molecule has 5 nitrogen and oxygen atoms in total. The molecule has 0 aliphatic carbocycles. The highest BCUT2D eigenvalue weighted by Gasteiger charge is 2.31. The summed E-state index contributed by atoms with van der Waals surface area (Å²) in [5, 5.41) is 2.94. The van der Waals surface area contributed by atoms with Crippen LogP contribution in [0.2, 0.25) is 0 Å². The van der Waals surface area contributed by atoms with E-state index in [0.29, 0.717) is 25.9 Å². The maximum Gasteiger partial charge on any atom is 0.227 e. The molecule has 0 radical (unpaired) electrons. The van der Waals surface area contributed by atoms with E-state index >= 15 is 0 Å². The van der Waals surface area contributed by atoms with Gasteiger partial charge < -0.3 is 5.32 Å². The number of nitrogens with zero attached hydrogens (tertiary/aromatic N) is 1. The van der Waals surface area contributed by atoms with E-state index in [0.717, 1.165) is 21.3 Å². The minimum atomic E-state index is -3.39. The lowest BCUT2D eigenvalue weighted by Gasteiger charge is -2.30. The number of carbonyl (C=O) groups is 1. The van der Waals surface area contributed by atoms with Crippen molar-refractivity contribution in [2.75, 3.05) is 18.4 Å². The first kappa shape index (κ1) is 20.0. The van der Waals surface area contributed by atoms with Crippen LogP contribution in [0.15, 0.2) is 53.0 Å². The number of hydrogen-bond acceptors (Lipinski definition) is 3. The monoisotopic (exact) mass is 450 g/mol. The SMILES string of the molecule is Cc1cccc(NC(=O)C2CCN(S(=O)(=O)Cc3cccc(Br)c3)CC2)c1. The number of halogens is 1. The molecule has 1 N–H and O–H groups in total. The molecular weight excluding hydrogens is 428 g/mol. The number of nitrogens with one attached hydrogen (secondary N) is 1. The number of benzene rings is 2. The highest BCUT2D eigenvalue weighted by molar-refractivity contribution is 9.10. The molecule has 3 rings (SSSR count). The molecule has 144 valence electrons. The number of aryl methyl sites for hydroxylation is 1. The summed E-state index contributed by atoms with van der Waals surface area (Å²) in [6.45, 7) is 2.73. The normalized spacial score (nSPS) is 16.2. The predicted molar refractivity (Wildman–Crippen MR) is 111 cm³/mol. The molecular formula is C20H23BrN2O3S. The maximum absolute atomic E-state index is 12.7. The lowest BCUT2D eigenvalue weighted by Crippen LogP contribution is -2.41. The van der Waals surface area contributed by atoms with E-state index < -0.39 is 10.0 Å². The number of carbonyl (C=O) groups excluding carboxylic acids is 1. The van der Waals surface area contributed by atoms with Gasteiger partial charge >= 0.3 is 0 Å². The molecule has 0 bridgehead atoms. The highest BCUT2D eigenvalue weighted by Crippen LogP contribution is 2.24. The molecule has 2 aromatic carbocycles. The van der Waals surface area contributed by atoms with Gasteiger partial charge in [0.2, 0.25) is 15.9 Å². The predicted octanol–water partition coefficient (Wildman–Crippen LogP) is 3.94. The molecule has 7 heteroatoms. The second-order valence-electron chi connectivity index (χ2n) is 6.92. The standard InChI is InChI=1S/C20H23BrN2O3S/c1-15-4-2-7-19(12-15)22-20(24)17-8-10-23(11-9-17)27(25,26)14-16-5-3-6-18(21)13-16/h2-7,12-13,17H,8-11,14H2,1H3,(H,22,24). The van der Waals surface area contributed by atoms with Crippen molar-refractivity contribution in [3.05, 3.63) is 64.1 Å². The molecule has 1 aliphatic heterocycles. The zero-order valence-electron chi connectivity index (χ0n) is 15.2. The van der Waals surface area contributed by atoms with Gasteiger partial charge in [-0.15, -0.1) is 0 Å². The average molecular weight is 451 g/mol. The third-order valence-corrected chi connectivity index (χ3v) is 7.09. The number of amides is 1. The van der Waals surface area contributed by atoms with Gasteiger partial charge in [0.1, 0.15) is 0 Å². The minimum Gasteiger partial charge on any atom is -0.326 e. The van der Waals surface area contributed by atoms with Gasteiger partial charge in [0.05, 0.1) is 5.75 Å². The van der Waals surface area contributed by atoms with E-state index in [2.05, 4.69) is 21.2 Å². The van der Waals surface area contributed by atoms with Gasteiger partial charge in [-0.3, -0.25) is 4.79 Å². The molecule has 1 aliphatic rings. The average Bonchev–Trinajstić information content (AvgIpc) is 2.61. The van der Waals surface area contributed by atoms with Crippen LogP contribution < -0.4 is 5.32 Å². The van der Waals surface area contributed by atoms with Crippen molar-refractivity contribution < 1.29 is 13.2 Å². The van der Waals surface area contributed by atoms with Gasteiger partial charge in [0, 0.05) is 29.2 Å². The van der Waals surface area contributed by atoms with E-state index in [1.807, 2.05) is 55.5 Å². The Morgan fingerprint density at radius 3 is 2.52 bits per heavy atom. The Bertz CT molecular complexity index is 922. The second-order valence-corrected chi connectivity index (χ2v) is 9.80. The second kappa shape index (κ2) is 8.54. The van der Waals surface area contributed by atoms with Gasteiger partial charge in [0.15, 0.2) is 0 Å². The molecule has 1 fully saturated rings. The molecule has 1 saturated heterocycles. The van der Waals surface area contributed by atoms with Crippen molar-refractivity contribution in [3.63, 3.8) is 0 Å². The first-order valence-electron chi connectivity index (χ1n) is 8.93. The molecule has 0 aromatic heterocycles. The summed E-state index contributed by atoms with van der Waals surface area (Å²) in [7, 11) is -3.39. The van der Waals surface area contributed by atoms with Crippen LogP contribution in [0.4, 0.5) is 5.69 Å². The van der Waals surface area contributed by atoms with E-state index in [4.69, 9.17) is 0 Å². The maximum atomic E-state index is 12.7. The van der Waals surface area contributed by atoms with Crippen LogP contribution in [0.3, 0.4) is 0 Å². The summed E-state index contributed by atoms with van der Waals surface area (Å²) in [6.07, 6.45) is 1.07. The molecule has 0 saturated carbocycles. The fraction of sp³-hybridized carbons (Fsp3) is 0.350. The zero-order chi connectivity index (χ0) is 19.4. The molecule has 0 atom stereocenters. The van der Waals surface area contributed by atoms with Crippen molar-refractivity contribution in [1.29, 1.82) is 0 Å². The van der Waals surface area contributed by atoms with Crippen LogP contribution >= 0.6 is 15.9 Å². The summed E-state index contributed by atoms with van der Waals surface area (Å²) >= 11 is 3.37. The Hall–Kier alpha value is -1.70. The lowest BCUT2D eigenvalue weighted by atomic mass is 9.97. The smallest absolute Gasteiger partial charge is 0.227 e. The van der Waals surface area contributed by atoms with Crippen LogP contribution in [0.25, 0.3) is 0 Å². The number of sulfonamides is 1. The van der Waals surface area contributed by atoms with Crippen LogP contribution in [-0.4, -0.2) is 31.7 Å². The van der Waals surface area contributed by atoms with E-state index in [9.17, 15) is 13.2 Å². The van der Waals surface area contributed by atoms with Gasteiger partial charge in [-0.25, -0.2) is 12.7 Å². The third kappa shape index (κ3) is 5.40. The van der Waals surface area contributed by atoms with Crippen LogP contribution in [-0.2, 0) is 20.6 Å². The highest BCUT2D eigenvalue weighted by atomic mass is 79.9. The molecule has 0 spiro atoms. The van der Waals surface area contributed by atoms with Crippen molar-refractivity contribution in [3.8, 4) is 0 Å². The van der Waals surface area contributed by atoms with Crippen molar-refractivity contribution in [2.45, 2.75) is 25.5 Å². The molecule has 27 heavy (non-hydrogen) atoms. The van der Waals surface area contributed by atoms with E-state index in [1.54, 1.807) is 0 Å². The van der Waals surface area contributed by atoms with E-state index in [1.165, 1.54) is 4.31 Å². The Kier molecular flexibility index (Phi) is 6.34. The Morgan fingerprint density at radius 2 is 1.85 bits per heavy atom. The number of anilines is 1. The summed E-state index contributed by atoms with van der Waals surface area (Å²) < 4.78 is 27.7.